The molecule has 3 aromatic rings. The lowest BCUT2D eigenvalue weighted by molar-refractivity contribution is 0.548. The van der Waals surface area contributed by atoms with Gasteiger partial charge in [-0.15, -0.1) is 0 Å². The molecule has 4 nitrogen and oxygen atoms in total. The predicted octanol–water partition coefficient (Wildman–Crippen LogP) is 4.81. The van der Waals surface area contributed by atoms with Crippen molar-refractivity contribution in [2.45, 2.75) is 25.7 Å². The Bertz CT molecular complexity index is 1040. The van der Waals surface area contributed by atoms with E-state index in [1.54, 1.807) is 26.0 Å². The molecule has 0 saturated heterocycles. The summed E-state index contributed by atoms with van der Waals surface area (Å²) in [5.74, 6) is 0.867. The molecule has 3 rings (SSSR count). The van der Waals surface area contributed by atoms with Gasteiger partial charge in [-0.2, -0.15) is 0 Å². The van der Waals surface area contributed by atoms with Crippen molar-refractivity contribution in [2.75, 3.05) is 4.72 Å². The second-order valence-corrected chi connectivity index (χ2v) is 7.64. The first-order valence-electron chi connectivity index (χ1n) is 7.73. The molecule has 2 aromatic carbocycles. The smallest absolute Gasteiger partial charge is 0.262 e. The number of anilines is 1. The van der Waals surface area contributed by atoms with Gasteiger partial charge in [0.25, 0.3) is 10.0 Å². The summed E-state index contributed by atoms with van der Waals surface area (Å²) < 4.78 is 47.0. The molecule has 130 valence electrons. The highest BCUT2D eigenvalue weighted by atomic mass is 32.2. The van der Waals surface area contributed by atoms with E-state index >= 15 is 0 Å². The molecule has 1 aromatic heterocycles. The van der Waals surface area contributed by atoms with E-state index in [0.29, 0.717) is 17.0 Å². The van der Waals surface area contributed by atoms with Crippen LogP contribution in [0.1, 0.15) is 16.9 Å². The van der Waals surface area contributed by atoms with Crippen LogP contribution in [0.25, 0.3) is 11.3 Å². The molecular formula is C19H18FNO3S. The van der Waals surface area contributed by atoms with E-state index in [1.165, 1.54) is 12.1 Å². The molecular weight excluding hydrogens is 341 g/mol. The zero-order chi connectivity index (χ0) is 18.2. The number of hydrogen-bond donors (Lipinski definition) is 1. The summed E-state index contributed by atoms with van der Waals surface area (Å²) in [7, 11) is -3.89. The van der Waals surface area contributed by atoms with Crippen LogP contribution in [-0.2, 0) is 10.0 Å². The molecule has 0 amide bonds. The fourth-order valence-corrected chi connectivity index (χ4v) is 3.55. The molecule has 0 fully saturated rings. The lowest BCUT2D eigenvalue weighted by atomic mass is 10.1. The first kappa shape index (κ1) is 17.2. The van der Waals surface area contributed by atoms with Gasteiger partial charge in [0.1, 0.15) is 17.3 Å². The maximum atomic E-state index is 13.7. The van der Waals surface area contributed by atoms with Crippen LogP contribution in [0, 0.1) is 26.6 Å². The Morgan fingerprint density at radius 3 is 2.28 bits per heavy atom. The minimum atomic E-state index is -3.89. The molecule has 0 atom stereocenters. The molecule has 25 heavy (non-hydrogen) atoms. The van der Waals surface area contributed by atoms with Gasteiger partial charge in [0, 0.05) is 5.56 Å². The fourth-order valence-electron chi connectivity index (χ4n) is 2.42. The Morgan fingerprint density at radius 2 is 1.64 bits per heavy atom. The lowest BCUT2D eigenvalue weighted by Gasteiger charge is -2.12. The zero-order valence-electron chi connectivity index (χ0n) is 14.1. The van der Waals surface area contributed by atoms with Crippen molar-refractivity contribution >= 4 is 15.7 Å². The maximum Gasteiger partial charge on any atom is 0.262 e. The van der Waals surface area contributed by atoms with Gasteiger partial charge in [-0.1, -0.05) is 18.2 Å². The number of halogens is 1. The van der Waals surface area contributed by atoms with Crippen molar-refractivity contribution in [1.29, 1.82) is 0 Å². The van der Waals surface area contributed by atoms with Crippen molar-refractivity contribution in [3.8, 4) is 11.3 Å². The average Bonchev–Trinajstić information content (AvgIpc) is 2.98. The van der Waals surface area contributed by atoms with E-state index in [4.69, 9.17) is 4.42 Å². The molecule has 0 aliphatic heterocycles. The zero-order valence-corrected chi connectivity index (χ0v) is 14.9. The maximum absolute atomic E-state index is 13.7. The monoisotopic (exact) mass is 359 g/mol. The summed E-state index contributed by atoms with van der Waals surface area (Å²) in [6.07, 6.45) is 0. The summed E-state index contributed by atoms with van der Waals surface area (Å²) in [5.41, 5.74) is 2.33. The van der Waals surface area contributed by atoms with E-state index in [1.807, 2.05) is 25.1 Å². The highest BCUT2D eigenvalue weighted by Gasteiger charge is 2.17. The van der Waals surface area contributed by atoms with E-state index in [9.17, 15) is 12.8 Å². The van der Waals surface area contributed by atoms with Crippen LogP contribution in [0.5, 0.6) is 0 Å². The third kappa shape index (κ3) is 3.58. The highest BCUT2D eigenvalue weighted by Crippen LogP contribution is 2.28. The lowest BCUT2D eigenvalue weighted by Crippen LogP contribution is -2.14. The minimum Gasteiger partial charge on any atom is -0.461 e. The van der Waals surface area contributed by atoms with Gasteiger partial charge in [0.05, 0.1) is 10.6 Å². The Labute approximate surface area is 146 Å². The van der Waals surface area contributed by atoms with Crippen LogP contribution in [0.3, 0.4) is 0 Å². The number of benzene rings is 2. The standard InChI is InChI=1S/C19H18FNO3S/c1-12-5-8-16(11-17(12)20)25(22,23)21-18-10-15(7-4-13(18)2)19-9-6-14(3)24-19/h4-11,21H,1-3H3. The highest BCUT2D eigenvalue weighted by molar-refractivity contribution is 7.92. The normalized spacial score (nSPS) is 11.5. The molecule has 0 aliphatic carbocycles. The van der Waals surface area contributed by atoms with Gasteiger partial charge in [0.15, 0.2) is 0 Å². The van der Waals surface area contributed by atoms with E-state index < -0.39 is 15.8 Å². The molecule has 0 aliphatic rings. The molecule has 0 radical (unpaired) electrons. The second kappa shape index (κ2) is 6.37. The summed E-state index contributed by atoms with van der Waals surface area (Å²) >= 11 is 0. The first-order chi connectivity index (χ1) is 11.8. The van der Waals surface area contributed by atoms with Crippen LogP contribution in [0.4, 0.5) is 10.1 Å². The van der Waals surface area contributed by atoms with Gasteiger partial charge in [-0.3, -0.25) is 4.72 Å². The van der Waals surface area contributed by atoms with E-state index in [2.05, 4.69) is 4.72 Å². The number of furan rings is 1. The van der Waals surface area contributed by atoms with Gasteiger partial charge in [-0.05, 0) is 62.2 Å². The molecule has 0 saturated carbocycles. The minimum absolute atomic E-state index is 0.116. The Balaban J connectivity index is 1.97. The molecule has 1 heterocycles. The van der Waals surface area contributed by atoms with Crippen LogP contribution >= 0.6 is 0 Å². The first-order valence-corrected chi connectivity index (χ1v) is 9.21. The number of nitrogens with one attached hydrogen (secondary N) is 1. The largest absolute Gasteiger partial charge is 0.461 e. The number of hydrogen-bond acceptors (Lipinski definition) is 3. The molecule has 1 N–H and O–H groups in total. The molecule has 0 bridgehead atoms. The van der Waals surface area contributed by atoms with Crippen molar-refractivity contribution in [3.63, 3.8) is 0 Å². The summed E-state index contributed by atoms with van der Waals surface area (Å²) in [5, 5.41) is 0. The summed E-state index contributed by atoms with van der Waals surface area (Å²) in [4.78, 5) is -0.116. The van der Waals surface area contributed by atoms with E-state index in [0.717, 1.165) is 23.0 Å². The Kier molecular flexibility index (Phi) is 4.39. The summed E-state index contributed by atoms with van der Waals surface area (Å²) in [6, 6.07) is 12.9. The molecule has 0 spiro atoms. The fraction of sp³-hybridized carbons (Fsp3) is 0.158. The third-order valence-electron chi connectivity index (χ3n) is 3.96. The number of rotatable bonds is 4. The SMILES string of the molecule is Cc1ccc(-c2ccc(C)c(NS(=O)(=O)c3ccc(C)c(F)c3)c2)o1. The van der Waals surface area contributed by atoms with Gasteiger partial charge in [0.2, 0.25) is 0 Å². The molecule has 0 unspecified atom stereocenters. The van der Waals surface area contributed by atoms with Crippen molar-refractivity contribution in [1.82, 2.24) is 0 Å². The summed E-state index contributed by atoms with van der Waals surface area (Å²) in [6.45, 7) is 5.22. The second-order valence-electron chi connectivity index (χ2n) is 5.96. The third-order valence-corrected chi connectivity index (χ3v) is 5.32. The van der Waals surface area contributed by atoms with Gasteiger partial charge in [-0.25, -0.2) is 12.8 Å². The topological polar surface area (TPSA) is 59.3 Å². The molecule has 6 heteroatoms. The van der Waals surface area contributed by atoms with E-state index in [-0.39, 0.29) is 4.90 Å². The van der Waals surface area contributed by atoms with Crippen LogP contribution in [-0.4, -0.2) is 8.42 Å². The van der Waals surface area contributed by atoms with Crippen molar-refractivity contribution < 1.29 is 17.2 Å². The van der Waals surface area contributed by atoms with Gasteiger partial charge >= 0.3 is 0 Å². The average molecular weight is 359 g/mol. The Hall–Kier alpha value is -2.60. The van der Waals surface area contributed by atoms with Crippen LogP contribution in [0.2, 0.25) is 0 Å². The van der Waals surface area contributed by atoms with Gasteiger partial charge < -0.3 is 4.42 Å². The number of aryl methyl sites for hydroxylation is 3. The number of sulfonamides is 1. The van der Waals surface area contributed by atoms with Crippen LogP contribution < -0.4 is 4.72 Å². The van der Waals surface area contributed by atoms with Crippen LogP contribution in [0.15, 0.2) is 57.8 Å². The van der Waals surface area contributed by atoms with Crippen molar-refractivity contribution in [2.24, 2.45) is 0 Å². The predicted molar refractivity (Wildman–Crippen MR) is 95.6 cm³/mol. The quantitative estimate of drug-likeness (QED) is 0.727. The Morgan fingerprint density at radius 1 is 0.920 bits per heavy atom. The van der Waals surface area contributed by atoms with Crippen molar-refractivity contribution in [3.05, 3.63) is 71.2 Å².